The normalized spacial score (nSPS) is 29.5. The van der Waals surface area contributed by atoms with Crippen molar-refractivity contribution in [3.63, 3.8) is 0 Å². The van der Waals surface area contributed by atoms with Crippen LogP contribution in [0.2, 0.25) is 0 Å². The maximum Gasteiger partial charge on any atom is 0.160 e. The number of carbonyl (C=O) groups is 1. The number of benzene rings is 3. The number of rotatable bonds is 5. The zero-order valence-electron chi connectivity index (χ0n) is 29.5. The van der Waals surface area contributed by atoms with Gasteiger partial charge in [-0.05, 0) is 162 Å². The van der Waals surface area contributed by atoms with Crippen molar-refractivity contribution in [2.45, 2.75) is 65.2 Å². The lowest BCUT2D eigenvalue weighted by molar-refractivity contribution is -0.0793. The molecule has 3 fully saturated rings. The molecule has 6 atom stereocenters. The molecule has 0 spiro atoms. The number of thiophene rings is 3. The van der Waals surface area contributed by atoms with Crippen molar-refractivity contribution >= 4 is 73.5 Å². The Bertz CT molecular complexity index is 2330. The zero-order chi connectivity index (χ0) is 34.3. The van der Waals surface area contributed by atoms with E-state index in [4.69, 9.17) is 0 Å². The molecular weight excluding hydrogens is 677 g/mol. The minimum atomic E-state index is 0.330. The van der Waals surface area contributed by atoms with Crippen molar-refractivity contribution in [3.8, 4) is 20.2 Å². The van der Waals surface area contributed by atoms with Gasteiger partial charge in [0.1, 0.15) is 0 Å². The molecule has 3 heterocycles. The number of allylic oxidation sites excluding steroid dienone is 3. The first-order valence-corrected chi connectivity index (χ1v) is 21.4. The zero-order valence-corrected chi connectivity index (χ0v) is 31.9. The Morgan fingerprint density at radius 2 is 1.37 bits per heavy atom. The van der Waals surface area contributed by atoms with Crippen LogP contribution in [0.15, 0.2) is 103 Å². The van der Waals surface area contributed by atoms with Gasteiger partial charge in [0.2, 0.25) is 0 Å². The average Bonchev–Trinajstić information content (AvgIpc) is 3.98. The van der Waals surface area contributed by atoms with Crippen LogP contribution in [0.4, 0.5) is 0 Å². The van der Waals surface area contributed by atoms with Gasteiger partial charge in [-0.15, -0.1) is 34.0 Å². The summed E-state index contributed by atoms with van der Waals surface area (Å²) in [6.45, 7) is 5.31. The Balaban J connectivity index is 0.897. The van der Waals surface area contributed by atoms with E-state index in [0.717, 1.165) is 34.8 Å². The molecule has 0 amide bonds. The second kappa shape index (κ2) is 12.3. The second-order valence-electron chi connectivity index (χ2n) is 16.3. The highest BCUT2D eigenvalue weighted by molar-refractivity contribution is 7.23. The van der Waals surface area contributed by atoms with Crippen LogP contribution in [0, 0.1) is 34.5 Å². The third-order valence-corrected chi connectivity index (χ3v) is 17.5. The molecule has 256 valence electrons. The average molecular weight is 721 g/mol. The summed E-state index contributed by atoms with van der Waals surface area (Å²) in [4.78, 5) is 18.8. The molecule has 0 bridgehead atoms. The summed E-state index contributed by atoms with van der Waals surface area (Å²) in [5.41, 5.74) is 5.44. The fourth-order valence-electron chi connectivity index (χ4n) is 11.4. The minimum absolute atomic E-state index is 0.330. The van der Waals surface area contributed by atoms with Crippen LogP contribution in [0.3, 0.4) is 0 Å². The van der Waals surface area contributed by atoms with Crippen molar-refractivity contribution in [1.82, 2.24) is 0 Å². The van der Waals surface area contributed by atoms with Crippen LogP contribution in [0.5, 0.6) is 0 Å². The number of hydrogen-bond donors (Lipinski definition) is 0. The summed E-state index contributed by atoms with van der Waals surface area (Å²) in [7, 11) is 0. The largest absolute Gasteiger partial charge is 0.297 e. The van der Waals surface area contributed by atoms with Crippen LogP contribution in [0.25, 0.3) is 53.4 Å². The standard InChI is InChI=1S/C47H44OS3/c1-46-23-21-31(41-19-20-44(51-41)45-36-9-5-3-7-29(36)25-30-8-4-6-10-37(30)45)26-32(46)11-15-38-39-16-12-33(47(39,2)24-22-40(38)46)27-34-13-17-42(49-34)43-18-14-35(28-48)50-43/h3-10,13-14,17-21,25,27-28,32,38-40H,11-12,15-16,22-24,26H2,1-2H3/b33-27+/t32-,38-,39-,40-,46-,47+/m0/s1. The molecule has 4 aliphatic carbocycles. The van der Waals surface area contributed by atoms with E-state index in [1.165, 1.54) is 103 Å². The number of carbonyl (C=O) groups excluding carboxylic acids is 1. The first-order chi connectivity index (χ1) is 24.9. The predicted octanol–water partition coefficient (Wildman–Crippen LogP) is 14.4. The molecule has 4 aliphatic rings. The van der Waals surface area contributed by atoms with Gasteiger partial charge in [0, 0.05) is 29.9 Å². The lowest BCUT2D eigenvalue weighted by Crippen LogP contribution is -2.51. The first kappa shape index (κ1) is 32.1. The molecule has 0 saturated heterocycles. The lowest BCUT2D eigenvalue weighted by atomic mass is 9.45. The van der Waals surface area contributed by atoms with Gasteiger partial charge < -0.3 is 0 Å². The first-order valence-electron chi connectivity index (χ1n) is 19.0. The fourth-order valence-corrected chi connectivity index (χ4v) is 14.4. The molecule has 10 rings (SSSR count). The molecule has 3 saturated carbocycles. The molecular formula is C47H44OS3. The fraction of sp³-hybridized carbons (Fsp3) is 0.340. The van der Waals surface area contributed by atoms with E-state index in [0.29, 0.717) is 10.8 Å². The van der Waals surface area contributed by atoms with Crippen LogP contribution < -0.4 is 0 Å². The maximum atomic E-state index is 11.2. The summed E-state index contributed by atoms with van der Waals surface area (Å²) in [5.74, 6) is 3.29. The minimum Gasteiger partial charge on any atom is -0.297 e. The smallest absolute Gasteiger partial charge is 0.160 e. The molecule has 0 unspecified atom stereocenters. The third-order valence-electron chi connectivity index (χ3n) is 14.0. The number of fused-ring (bicyclic) bond motifs is 7. The Morgan fingerprint density at radius 1 is 0.686 bits per heavy atom. The van der Waals surface area contributed by atoms with Gasteiger partial charge in [0.25, 0.3) is 0 Å². The van der Waals surface area contributed by atoms with Crippen LogP contribution in [-0.2, 0) is 0 Å². The van der Waals surface area contributed by atoms with Crippen molar-refractivity contribution in [3.05, 3.63) is 117 Å². The Kier molecular flexibility index (Phi) is 7.72. The molecule has 3 aromatic heterocycles. The summed E-state index contributed by atoms with van der Waals surface area (Å²) in [6, 6.07) is 33.6. The van der Waals surface area contributed by atoms with E-state index in [1.54, 1.807) is 22.5 Å². The summed E-state index contributed by atoms with van der Waals surface area (Å²) in [5, 5.41) is 5.36. The van der Waals surface area contributed by atoms with E-state index in [-0.39, 0.29) is 0 Å². The molecule has 1 nitrogen and oxygen atoms in total. The van der Waals surface area contributed by atoms with Crippen molar-refractivity contribution in [1.29, 1.82) is 0 Å². The van der Waals surface area contributed by atoms with Crippen LogP contribution in [-0.4, -0.2) is 6.29 Å². The van der Waals surface area contributed by atoms with E-state index < -0.39 is 0 Å². The summed E-state index contributed by atoms with van der Waals surface area (Å²) < 4.78 is 0. The highest BCUT2D eigenvalue weighted by Gasteiger charge is 2.58. The molecule has 6 aromatic rings. The quantitative estimate of drug-likeness (QED) is 0.128. The SMILES string of the molecule is C[C@]12CC=C(c3ccc(-c4c5ccccc5cc5ccccc45)s3)C[C@@H]1CC[C@@H]1[C@@H]2CC[C@]2(C)/C(=C/c3ccc(-c4ccc(C=O)s4)s3)CC[C@@H]12. The Labute approximate surface area is 313 Å². The molecule has 0 N–H and O–H groups in total. The number of aldehydes is 1. The second-order valence-corrected chi connectivity index (χ2v) is 19.7. The van der Waals surface area contributed by atoms with Crippen molar-refractivity contribution < 1.29 is 4.79 Å². The lowest BCUT2D eigenvalue weighted by Gasteiger charge is -2.59. The van der Waals surface area contributed by atoms with Crippen molar-refractivity contribution in [2.24, 2.45) is 34.5 Å². The van der Waals surface area contributed by atoms with Gasteiger partial charge in [-0.1, -0.05) is 74.0 Å². The Hall–Kier alpha value is -3.57. The third kappa shape index (κ3) is 5.15. The topological polar surface area (TPSA) is 17.1 Å². The predicted molar refractivity (Wildman–Crippen MR) is 221 cm³/mol. The molecule has 4 heteroatoms. The molecule has 0 aliphatic heterocycles. The van der Waals surface area contributed by atoms with E-state index in [9.17, 15) is 4.79 Å². The highest BCUT2D eigenvalue weighted by atomic mass is 32.1. The van der Waals surface area contributed by atoms with Gasteiger partial charge in [0.05, 0.1) is 4.88 Å². The van der Waals surface area contributed by atoms with Gasteiger partial charge in [-0.2, -0.15) is 0 Å². The number of hydrogen-bond acceptors (Lipinski definition) is 4. The van der Waals surface area contributed by atoms with Gasteiger partial charge in [0.15, 0.2) is 6.29 Å². The van der Waals surface area contributed by atoms with Crippen LogP contribution in [0.1, 0.15) is 84.6 Å². The molecule has 3 aromatic carbocycles. The highest BCUT2D eigenvalue weighted by Crippen LogP contribution is 2.68. The molecule has 0 radical (unpaired) electrons. The van der Waals surface area contributed by atoms with E-state index in [2.05, 4.69) is 111 Å². The van der Waals surface area contributed by atoms with Crippen molar-refractivity contribution in [2.75, 3.05) is 0 Å². The van der Waals surface area contributed by atoms with Gasteiger partial charge >= 0.3 is 0 Å². The molecule has 51 heavy (non-hydrogen) atoms. The van der Waals surface area contributed by atoms with Gasteiger partial charge in [-0.3, -0.25) is 4.79 Å². The summed E-state index contributed by atoms with van der Waals surface area (Å²) in [6.07, 6.45) is 16.8. The monoisotopic (exact) mass is 720 g/mol. The van der Waals surface area contributed by atoms with Crippen LogP contribution >= 0.6 is 34.0 Å². The van der Waals surface area contributed by atoms with E-state index >= 15 is 0 Å². The van der Waals surface area contributed by atoms with Gasteiger partial charge in [-0.25, -0.2) is 0 Å². The maximum absolute atomic E-state index is 11.2. The van der Waals surface area contributed by atoms with E-state index in [1.807, 2.05) is 28.7 Å². The summed E-state index contributed by atoms with van der Waals surface area (Å²) >= 11 is 5.49. The Morgan fingerprint density at radius 3 is 2.12 bits per heavy atom.